The van der Waals surface area contributed by atoms with Crippen LogP contribution in [0, 0.1) is 0 Å². The summed E-state index contributed by atoms with van der Waals surface area (Å²) >= 11 is 1.84. The average molecular weight is 685 g/mol. The fourth-order valence-corrected chi connectivity index (χ4v) is 8.58. The maximum absolute atomic E-state index is 6.61. The van der Waals surface area contributed by atoms with Crippen molar-refractivity contribution in [3.05, 3.63) is 194 Å². The van der Waals surface area contributed by atoms with E-state index >= 15 is 0 Å². The standard InChI is InChI=1S/C48H32N2OS/c1-4-13-33(14-5-1)34-23-25-37(26-24-34)50(39-27-29-41-40-19-10-11-22-46(40)52-47(41)32-39)43-20-12-21-45-48(43)42-31-38(28-30-44(42)51-45)49(35-15-6-2-7-16-35)36-17-8-3-9-18-36/h1-32H. The van der Waals surface area contributed by atoms with Crippen LogP contribution in [0.3, 0.4) is 0 Å². The van der Waals surface area contributed by atoms with Crippen molar-refractivity contribution in [2.45, 2.75) is 0 Å². The fourth-order valence-electron chi connectivity index (χ4n) is 7.44. The quantitative estimate of drug-likeness (QED) is 0.167. The number of furan rings is 1. The van der Waals surface area contributed by atoms with Gasteiger partial charge in [-0.15, -0.1) is 11.3 Å². The van der Waals surface area contributed by atoms with E-state index in [1.807, 2.05) is 11.3 Å². The molecule has 52 heavy (non-hydrogen) atoms. The van der Waals surface area contributed by atoms with E-state index in [0.29, 0.717) is 0 Å². The molecule has 0 aliphatic heterocycles. The zero-order chi connectivity index (χ0) is 34.4. The lowest BCUT2D eigenvalue weighted by Gasteiger charge is -2.27. The zero-order valence-electron chi connectivity index (χ0n) is 28.2. The highest BCUT2D eigenvalue weighted by molar-refractivity contribution is 7.25. The Kier molecular flexibility index (Phi) is 7.33. The lowest BCUT2D eigenvalue weighted by molar-refractivity contribution is 0.669. The summed E-state index contributed by atoms with van der Waals surface area (Å²) in [6, 6.07) is 69.0. The molecule has 0 spiro atoms. The van der Waals surface area contributed by atoms with Crippen molar-refractivity contribution in [2.75, 3.05) is 9.80 Å². The fraction of sp³-hybridized carbons (Fsp3) is 0. The van der Waals surface area contributed by atoms with E-state index < -0.39 is 0 Å². The molecule has 4 heteroatoms. The topological polar surface area (TPSA) is 19.6 Å². The van der Waals surface area contributed by atoms with Crippen molar-refractivity contribution in [1.82, 2.24) is 0 Å². The van der Waals surface area contributed by atoms with Crippen LogP contribution in [0.2, 0.25) is 0 Å². The summed E-state index contributed by atoms with van der Waals surface area (Å²) in [4.78, 5) is 4.69. The Morgan fingerprint density at radius 1 is 0.346 bits per heavy atom. The van der Waals surface area contributed by atoms with Gasteiger partial charge in [-0.2, -0.15) is 0 Å². The molecule has 0 fully saturated rings. The van der Waals surface area contributed by atoms with Crippen LogP contribution >= 0.6 is 11.3 Å². The lowest BCUT2D eigenvalue weighted by atomic mass is 10.0. The molecule has 0 unspecified atom stereocenters. The molecule has 0 bridgehead atoms. The van der Waals surface area contributed by atoms with Gasteiger partial charge in [0.1, 0.15) is 11.2 Å². The molecule has 0 atom stereocenters. The number of hydrogen-bond acceptors (Lipinski definition) is 4. The third-order valence-electron chi connectivity index (χ3n) is 9.84. The predicted octanol–water partition coefficient (Wildman–Crippen LogP) is 14.6. The lowest BCUT2D eigenvalue weighted by Crippen LogP contribution is -2.10. The molecule has 0 N–H and O–H groups in total. The summed E-state index contributed by atoms with van der Waals surface area (Å²) in [6.07, 6.45) is 0. The molecule has 0 saturated heterocycles. The third kappa shape index (κ3) is 5.20. The Balaban J connectivity index is 1.19. The van der Waals surface area contributed by atoms with Gasteiger partial charge in [-0.1, -0.05) is 109 Å². The van der Waals surface area contributed by atoms with Crippen molar-refractivity contribution in [3.63, 3.8) is 0 Å². The Bertz CT molecular complexity index is 2800. The summed E-state index contributed by atoms with van der Waals surface area (Å²) in [7, 11) is 0. The van der Waals surface area contributed by atoms with Crippen molar-refractivity contribution in [1.29, 1.82) is 0 Å². The summed E-state index contributed by atoms with van der Waals surface area (Å²) in [5.41, 5.74) is 10.6. The predicted molar refractivity (Wildman–Crippen MR) is 221 cm³/mol. The van der Waals surface area contributed by atoms with E-state index in [2.05, 4.69) is 204 Å². The maximum Gasteiger partial charge on any atom is 0.137 e. The highest BCUT2D eigenvalue weighted by Crippen LogP contribution is 2.46. The van der Waals surface area contributed by atoms with E-state index in [4.69, 9.17) is 4.42 Å². The number of hydrogen-bond donors (Lipinski definition) is 0. The van der Waals surface area contributed by atoms with Gasteiger partial charge < -0.3 is 14.2 Å². The minimum absolute atomic E-state index is 0.851. The van der Waals surface area contributed by atoms with Crippen molar-refractivity contribution >= 4 is 87.6 Å². The summed E-state index contributed by atoms with van der Waals surface area (Å²) in [5.74, 6) is 0. The van der Waals surface area contributed by atoms with E-state index in [1.54, 1.807) is 0 Å². The van der Waals surface area contributed by atoms with Gasteiger partial charge in [-0.3, -0.25) is 0 Å². The van der Waals surface area contributed by atoms with Gasteiger partial charge in [-0.25, -0.2) is 0 Å². The Morgan fingerprint density at radius 3 is 1.67 bits per heavy atom. The minimum Gasteiger partial charge on any atom is -0.456 e. The molecule has 8 aromatic carbocycles. The molecule has 0 amide bonds. The number of fused-ring (bicyclic) bond motifs is 6. The molecule has 10 rings (SSSR count). The van der Waals surface area contributed by atoms with Gasteiger partial charge in [0.2, 0.25) is 0 Å². The SMILES string of the molecule is c1ccc(-c2ccc(N(c3ccc4c(c3)sc3ccccc34)c3cccc4oc5ccc(N(c6ccccc6)c6ccccc6)cc5c34)cc2)cc1. The molecule has 0 saturated carbocycles. The molecule has 2 aromatic heterocycles. The van der Waals surface area contributed by atoms with E-state index in [1.165, 1.54) is 31.3 Å². The number of benzene rings is 8. The largest absolute Gasteiger partial charge is 0.456 e. The monoisotopic (exact) mass is 684 g/mol. The highest BCUT2D eigenvalue weighted by atomic mass is 32.1. The van der Waals surface area contributed by atoms with Crippen LogP contribution in [0.25, 0.3) is 53.2 Å². The first-order chi connectivity index (χ1) is 25.8. The smallest absolute Gasteiger partial charge is 0.137 e. The van der Waals surface area contributed by atoms with E-state index in [9.17, 15) is 0 Å². The molecular weight excluding hydrogens is 653 g/mol. The number of anilines is 6. The van der Waals surface area contributed by atoms with Crippen LogP contribution in [0.15, 0.2) is 199 Å². The molecule has 2 heterocycles. The number of rotatable bonds is 7. The van der Waals surface area contributed by atoms with Crippen LogP contribution < -0.4 is 9.80 Å². The van der Waals surface area contributed by atoms with Gasteiger partial charge in [0.05, 0.1) is 11.1 Å². The second-order valence-corrected chi connectivity index (χ2v) is 14.1. The molecule has 0 aliphatic rings. The summed E-state index contributed by atoms with van der Waals surface area (Å²) in [6.45, 7) is 0. The first-order valence-corrected chi connectivity index (χ1v) is 18.3. The van der Waals surface area contributed by atoms with Gasteiger partial charge in [0, 0.05) is 54.0 Å². The van der Waals surface area contributed by atoms with Gasteiger partial charge in [-0.05, 0) is 96.1 Å². The summed E-state index contributed by atoms with van der Waals surface area (Å²) < 4.78 is 9.16. The van der Waals surface area contributed by atoms with Gasteiger partial charge in [0.25, 0.3) is 0 Å². The first kappa shape index (κ1) is 30.2. The Morgan fingerprint density at radius 2 is 0.923 bits per heavy atom. The van der Waals surface area contributed by atoms with Crippen molar-refractivity contribution in [2.24, 2.45) is 0 Å². The van der Waals surface area contributed by atoms with Crippen LogP contribution in [-0.2, 0) is 0 Å². The van der Waals surface area contributed by atoms with E-state index in [0.717, 1.165) is 56.1 Å². The molecule has 0 radical (unpaired) electrons. The maximum atomic E-state index is 6.61. The molecule has 3 nitrogen and oxygen atoms in total. The van der Waals surface area contributed by atoms with Crippen molar-refractivity contribution in [3.8, 4) is 11.1 Å². The van der Waals surface area contributed by atoms with Gasteiger partial charge >= 0.3 is 0 Å². The Hall–Kier alpha value is -6.62. The van der Waals surface area contributed by atoms with Crippen LogP contribution in [0.4, 0.5) is 34.1 Å². The molecule has 10 aromatic rings. The third-order valence-corrected chi connectivity index (χ3v) is 11.0. The highest BCUT2D eigenvalue weighted by Gasteiger charge is 2.22. The van der Waals surface area contributed by atoms with Crippen LogP contribution in [0.5, 0.6) is 0 Å². The average Bonchev–Trinajstić information content (AvgIpc) is 3.78. The number of thiophene rings is 1. The number of nitrogens with zero attached hydrogens (tertiary/aromatic N) is 2. The molecular formula is C48H32N2OS. The molecule has 0 aliphatic carbocycles. The van der Waals surface area contributed by atoms with Crippen LogP contribution in [0.1, 0.15) is 0 Å². The van der Waals surface area contributed by atoms with Crippen molar-refractivity contribution < 1.29 is 4.42 Å². The first-order valence-electron chi connectivity index (χ1n) is 17.5. The van der Waals surface area contributed by atoms with E-state index in [-0.39, 0.29) is 0 Å². The second kappa shape index (κ2) is 12.6. The summed E-state index contributed by atoms with van der Waals surface area (Å²) in [5, 5.41) is 4.71. The Labute approximate surface area is 305 Å². The molecule has 246 valence electrons. The van der Waals surface area contributed by atoms with Crippen LogP contribution in [-0.4, -0.2) is 0 Å². The zero-order valence-corrected chi connectivity index (χ0v) is 29.0. The normalized spacial score (nSPS) is 11.5. The van der Waals surface area contributed by atoms with Gasteiger partial charge in [0.15, 0.2) is 0 Å². The number of para-hydroxylation sites is 2. The second-order valence-electron chi connectivity index (χ2n) is 13.0. The minimum atomic E-state index is 0.851.